The summed E-state index contributed by atoms with van der Waals surface area (Å²) in [5.41, 5.74) is 0.368. The first-order chi connectivity index (χ1) is 6.69. The molecule has 0 bridgehead atoms. The minimum Gasteiger partial charge on any atom is -0.494 e. The molecule has 2 nitrogen and oxygen atoms in total. The molecule has 0 aromatic heterocycles. The molecule has 4 heteroatoms. The zero-order chi connectivity index (χ0) is 10.6. The van der Waals surface area contributed by atoms with Crippen LogP contribution in [-0.4, -0.2) is 13.4 Å². The van der Waals surface area contributed by atoms with Crippen molar-refractivity contribution in [1.29, 1.82) is 0 Å². The first-order valence-corrected chi connectivity index (χ1v) is 3.84. The van der Waals surface area contributed by atoms with E-state index in [0.717, 1.165) is 6.07 Å². The van der Waals surface area contributed by atoms with Crippen LogP contribution in [0, 0.1) is 11.6 Å². The van der Waals surface area contributed by atoms with Crippen LogP contribution in [0.25, 0.3) is 6.08 Å². The largest absolute Gasteiger partial charge is 0.494 e. The fourth-order valence-electron chi connectivity index (χ4n) is 0.979. The molecule has 1 aromatic rings. The molecule has 0 saturated heterocycles. The van der Waals surface area contributed by atoms with Gasteiger partial charge in [-0.2, -0.15) is 4.39 Å². The number of rotatable bonds is 3. The molecule has 14 heavy (non-hydrogen) atoms. The molecule has 1 rings (SSSR count). The van der Waals surface area contributed by atoms with Crippen LogP contribution in [0.2, 0.25) is 0 Å². The van der Waals surface area contributed by atoms with E-state index in [4.69, 9.17) is 0 Å². The van der Waals surface area contributed by atoms with Gasteiger partial charge in [0.1, 0.15) is 6.29 Å². The first kappa shape index (κ1) is 10.4. The third kappa shape index (κ3) is 2.16. The molecule has 0 aliphatic rings. The molecule has 0 N–H and O–H groups in total. The summed E-state index contributed by atoms with van der Waals surface area (Å²) in [5, 5.41) is 0. The van der Waals surface area contributed by atoms with Crippen molar-refractivity contribution >= 4 is 12.4 Å². The Morgan fingerprint density at radius 2 is 2.07 bits per heavy atom. The molecule has 74 valence electrons. The SMILES string of the molecule is COc1cc(C=CC=O)cc(F)c1F. The number of aldehydes is 1. The summed E-state index contributed by atoms with van der Waals surface area (Å²) in [7, 11) is 1.24. The minimum absolute atomic E-state index is 0.185. The quantitative estimate of drug-likeness (QED) is 0.549. The summed E-state index contributed by atoms with van der Waals surface area (Å²) in [5.74, 6) is -2.22. The van der Waals surface area contributed by atoms with E-state index in [1.165, 1.54) is 25.3 Å². The number of carbonyl (C=O) groups is 1. The lowest BCUT2D eigenvalue weighted by Crippen LogP contribution is -1.93. The lowest BCUT2D eigenvalue weighted by molar-refractivity contribution is -0.104. The van der Waals surface area contributed by atoms with E-state index < -0.39 is 11.6 Å². The van der Waals surface area contributed by atoms with Gasteiger partial charge in [0.05, 0.1) is 7.11 Å². The van der Waals surface area contributed by atoms with Gasteiger partial charge < -0.3 is 4.74 Å². The van der Waals surface area contributed by atoms with Crippen LogP contribution < -0.4 is 4.74 Å². The minimum atomic E-state index is -1.03. The molecule has 0 amide bonds. The van der Waals surface area contributed by atoms with Gasteiger partial charge in [-0.1, -0.05) is 6.08 Å². The van der Waals surface area contributed by atoms with Crippen molar-refractivity contribution in [3.05, 3.63) is 35.4 Å². The molecule has 0 aliphatic heterocycles. The fraction of sp³-hybridized carbons (Fsp3) is 0.100. The highest BCUT2D eigenvalue weighted by Gasteiger charge is 2.09. The zero-order valence-electron chi connectivity index (χ0n) is 7.46. The standard InChI is InChI=1S/C10H8F2O2/c1-14-9-6-7(3-2-4-13)5-8(11)10(9)12/h2-6H,1H3. The molecular formula is C10H8F2O2. The second-order valence-corrected chi connectivity index (χ2v) is 2.51. The van der Waals surface area contributed by atoms with E-state index in [1.54, 1.807) is 0 Å². The Balaban J connectivity index is 3.15. The Labute approximate surface area is 79.8 Å². The number of halogens is 2. The van der Waals surface area contributed by atoms with Crippen molar-refractivity contribution < 1.29 is 18.3 Å². The van der Waals surface area contributed by atoms with Gasteiger partial charge in [0.2, 0.25) is 5.82 Å². The topological polar surface area (TPSA) is 26.3 Å². The Bertz CT molecular complexity index is 373. The number of allylic oxidation sites excluding steroid dienone is 1. The predicted octanol–water partition coefficient (Wildman–Crippen LogP) is 2.19. The van der Waals surface area contributed by atoms with E-state index >= 15 is 0 Å². The van der Waals surface area contributed by atoms with Crippen LogP contribution in [0.1, 0.15) is 5.56 Å². The summed E-state index contributed by atoms with van der Waals surface area (Å²) in [6.07, 6.45) is 3.10. The highest BCUT2D eigenvalue weighted by molar-refractivity contribution is 5.74. The van der Waals surface area contributed by atoms with Gasteiger partial charge in [0.25, 0.3) is 0 Å². The molecular weight excluding hydrogens is 190 g/mol. The summed E-state index contributed by atoms with van der Waals surface area (Å²) in [4.78, 5) is 10.00. The number of ether oxygens (including phenoxy) is 1. The Hall–Kier alpha value is -1.71. The maximum atomic E-state index is 12.9. The third-order valence-corrected chi connectivity index (χ3v) is 1.60. The molecule has 0 atom stereocenters. The normalized spacial score (nSPS) is 10.5. The number of hydrogen-bond donors (Lipinski definition) is 0. The smallest absolute Gasteiger partial charge is 0.200 e. The third-order valence-electron chi connectivity index (χ3n) is 1.60. The molecule has 1 aromatic carbocycles. The molecule has 0 aliphatic carbocycles. The highest BCUT2D eigenvalue weighted by atomic mass is 19.2. The number of hydrogen-bond acceptors (Lipinski definition) is 2. The Morgan fingerprint density at radius 1 is 1.36 bits per heavy atom. The zero-order valence-corrected chi connectivity index (χ0v) is 7.46. The number of carbonyl (C=O) groups excluding carboxylic acids is 1. The maximum Gasteiger partial charge on any atom is 0.200 e. The molecule has 0 radical (unpaired) electrons. The van der Waals surface area contributed by atoms with Crippen molar-refractivity contribution in [2.24, 2.45) is 0 Å². The lowest BCUT2D eigenvalue weighted by atomic mass is 10.2. The Kier molecular flexibility index (Phi) is 3.34. The average Bonchev–Trinajstić information content (AvgIpc) is 2.19. The van der Waals surface area contributed by atoms with Crippen molar-refractivity contribution in [3.63, 3.8) is 0 Å². The molecule has 0 unspecified atom stereocenters. The van der Waals surface area contributed by atoms with Gasteiger partial charge in [-0.3, -0.25) is 4.79 Å². The van der Waals surface area contributed by atoms with Gasteiger partial charge in [-0.15, -0.1) is 0 Å². The van der Waals surface area contributed by atoms with E-state index in [1.807, 2.05) is 0 Å². The summed E-state index contributed by atoms with van der Waals surface area (Å²) >= 11 is 0. The molecule has 0 saturated carbocycles. The van der Waals surface area contributed by atoms with Crippen LogP contribution in [-0.2, 0) is 4.79 Å². The summed E-state index contributed by atoms with van der Waals surface area (Å²) < 4.78 is 30.4. The summed E-state index contributed by atoms with van der Waals surface area (Å²) in [6, 6.07) is 2.29. The van der Waals surface area contributed by atoms with E-state index in [2.05, 4.69) is 4.74 Å². The van der Waals surface area contributed by atoms with Crippen molar-refractivity contribution in [2.45, 2.75) is 0 Å². The van der Waals surface area contributed by atoms with Crippen LogP contribution in [0.4, 0.5) is 8.78 Å². The summed E-state index contributed by atoms with van der Waals surface area (Å²) in [6.45, 7) is 0. The molecule has 0 fully saturated rings. The second kappa shape index (κ2) is 4.50. The monoisotopic (exact) mass is 198 g/mol. The van der Waals surface area contributed by atoms with E-state index in [0.29, 0.717) is 11.8 Å². The van der Waals surface area contributed by atoms with Gasteiger partial charge in [0, 0.05) is 0 Å². The number of methoxy groups -OCH3 is 1. The van der Waals surface area contributed by atoms with Crippen molar-refractivity contribution in [1.82, 2.24) is 0 Å². The van der Waals surface area contributed by atoms with Crippen LogP contribution in [0.3, 0.4) is 0 Å². The van der Waals surface area contributed by atoms with Crippen molar-refractivity contribution in [3.8, 4) is 5.75 Å². The average molecular weight is 198 g/mol. The lowest BCUT2D eigenvalue weighted by Gasteiger charge is -2.03. The maximum absolute atomic E-state index is 12.9. The first-order valence-electron chi connectivity index (χ1n) is 3.84. The molecule has 0 spiro atoms. The van der Waals surface area contributed by atoms with E-state index in [-0.39, 0.29) is 5.75 Å². The van der Waals surface area contributed by atoms with Gasteiger partial charge >= 0.3 is 0 Å². The van der Waals surface area contributed by atoms with Gasteiger partial charge in [-0.05, 0) is 23.8 Å². The Morgan fingerprint density at radius 3 is 2.64 bits per heavy atom. The van der Waals surface area contributed by atoms with Crippen molar-refractivity contribution in [2.75, 3.05) is 7.11 Å². The van der Waals surface area contributed by atoms with Gasteiger partial charge in [0.15, 0.2) is 11.6 Å². The number of benzene rings is 1. The molecule has 0 heterocycles. The van der Waals surface area contributed by atoms with Gasteiger partial charge in [-0.25, -0.2) is 4.39 Å². The highest BCUT2D eigenvalue weighted by Crippen LogP contribution is 2.22. The van der Waals surface area contributed by atoms with Crippen LogP contribution >= 0.6 is 0 Å². The fourth-order valence-corrected chi connectivity index (χ4v) is 0.979. The van der Waals surface area contributed by atoms with E-state index in [9.17, 15) is 13.6 Å². The second-order valence-electron chi connectivity index (χ2n) is 2.51. The van der Waals surface area contributed by atoms with Crippen LogP contribution in [0.15, 0.2) is 18.2 Å². The predicted molar refractivity (Wildman–Crippen MR) is 48.0 cm³/mol. The van der Waals surface area contributed by atoms with Crippen LogP contribution in [0.5, 0.6) is 5.75 Å².